The van der Waals surface area contributed by atoms with E-state index in [4.69, 9.17) is 32.7 Å². The molecule has 1 heterocycles. The number of carbonyl (C=O) groups excluding carboxylic acids is 1. The lowest BCUT2D eigenvalue weighted by atomic mass is 10.1. The fourth-order valence-corrected chi connectivity index (χ4v) is 2.70. The van der Waals surface area contributed by atoms with Crippen LogP contribution >= 0.6 is 23.2 Å². The molecule has 0 aliphatic carbocycles. The third-order valence-electron chi connectivity index (χ3n) is 3.22. The van der Waals surface area contributed by atoms with Crippen molar-refractivity contribution in [2.75, 3.05) is 13.7 Å². The summed E-state index contributed by atoms with van der Waals surface area (Å²) in [6.07, 6.45) is 1.31. The van der Waals surface area contributed by atoms with Gasteiger partial charge in [0.1, 0.15) is 24.3 Å². The highest BCUT2D eigenvalue weighted by Gasteiger charge is 2.20. The minimum atomic E-state index is -0.784. The van der Waals surface area contributed by atoms with E-state index in [0.29, 0.717) is 5.56 Å². The molecule has 0 bridgehead atoms. The van der Waals surface area contributed by atoms with Gasteiger partial charge in [-0.3, -0.25) is 4.98 Å². The fraction of sp³-hybridized carbons (Fsp3) is 0.250. The van der Waals surface area contributed by atoms with Crippen LogP contribution in [0.1, 0.15) is 17.2 Å². The molecule has 1 N–H and O–H groups in total. The molecular weight excluding hydrogens is 377 g/mol. The number of nitrogens with zero attached hydrogens (tertiary/aromatic N) is 1. The van der Waals surface area contributed by atoms with Crippen LogP contribution in [0.15, 0.2) is 30.6 Å². The van der Waals surface area contributed by atoms with Gasteiger partial charge in [0.05, 0.1) is 10.0 Å². The Hall–Kier alpha value is -1.96. The van der Waals surface area contributed by atoms with E-state index >= 15 is 0 Å². The smallest absolute Gasteiger partial charge is 0.407 e. The van der Waals surface area contributed by atoms with Crippen molar-refractivity contribution >= 4 is 29.3 Å². The van der Waals surface area contributed by atoms with E-state index in [0.717, 1.165) is 18.2 Å². The van der Waals surface area contributed by atoms with Gasteiger partial charge in [-0.15, -0.1) is 0 Å². The third kappa shape index (κ3) is 5.52. The van der Waals surface area contributed by atoms with Gasteiger partial charge >= 0.3 is 6.09 Å². The van der Waals surface area contributed by atoms with Crippen molar-refractivity contribution in [3.63, 3.8) is 0 Å². The van der Waals surface area contributed by atoms with E-state index in [2.05, 4.69) is 10.3 Å². The highest BCUT2D eigenvalue weighted by atomic mass is 35.5. The third-order valence-corrected chi connectivity index (χ3v) is 3.82. The molecule has 0 saturated carbocycles. The van der Waals surface area contributed by atoms with Crippen molar-refractivity contribution in [2.24, 2.45) is 0 Å². The van der Waals surface area contributed by atoms with Crippen LogP contribution in [0, 0.1) is 11.6 Å². The Morgan fingerprint density at radius 3 is 2.36 bits per heavy atom. The molecule has 0 aliphatic heterocycles. The largest absolute Gasteiger partial charge is 0.446 e. The number of rotatable bonds is 6. The molecule has 0 saturated heterocycles. The molecule has 9 heteroatoms. The highest BCUT2D eigenvalue weighted by Crippen LogP contribution is 2.31. The molecule has 0 spiro atoms. The van der Waals surface area contributed by atoms with Crippen molar-refractivity contribution in [1.29, 1.82) is 0 Å². The summed E-state index contributed by atoms with van der Waals surface area (Å²) in [6, 6.07) is 2.96. The van der Waals surface area contributed by atoms with Gasteiger partial charge in [0.25, 0.3) is 0 Å². The monoisotopic (exact) mass is 390 g/mol. The van der Waals surface area contributed by atoms with Crippen LogP contribution in [0.5, 0.6) is 0 Å². The lowest BCUT2D eigenvalue weighted by Gasteiger charge is -2.18. The van der Waals surface area contributed by atoms with E-state index < -0.39 is 23.8 Å². The first kappa shape index (κ1) is 19.4. The number of carbonyl (C=O) groups is 1. The van der Waals surface area contributed by atoms with Crippen LogP contribution in [-0.2, 0) is 16.0 Å². The number of alkyl carbamates (subject to hydrolysis) is 1. The van der Waals surface area contributed by atoms with Gasteiger partial charge in [-0.25, -0.2) is 13.6 Å². The van der Waals surface area contributed by atoms with Crippen molar-refractivity contribution in [3.05, 3.63) is 63.4 Å². The zero-order valence-corrected chi connectivity index (χ0v) is 14.6. The summed E-state index contributed by atoms with van der Waals surface area (Å²) >= 11 is 12.1. The zero-order chi connectivity index (χ0) is 18.4. The van der Waals surface area contributed by atoms with Gasteiger partial charge in [0.15, 0.2) is 0 Å². The second-order valence-corrected chi connectivity index (χ2v) is 5.79. The van der Waals surface area contributed by atoms with Crippen molar-refractivity contribution in [2.45, 2.75) is 12.6 Å². The number of nitrogens with one attached hydrogen (secondary N) is 1. The number of benzene rings is 1. The van der Waals surface area contributed by atoms with Crippen LogP contribution in [0.2, 0.25) is 10.0 Å². The lowest BCUT2D eigenvalue weighted by Crippen LogP contribution is -2.26. The van der Waals surface area contributed by atoms with Gasteiger partial charge in [-0.05, 0) is 17.7 Å². The number of amides is 1. The Morgan fingerprint density at radius 1 is 1.20 bits per heavy atom. The average molecular weight is 391 g/mol. The maximum absolute atomic E-state index is 13.1. The molecule has 1 atom stereocenters. The Kier molecular flexibility index (Phi) is 6.92. The normalized spacial score (nSPS) is 11.9. The predicted molar refractivity (Wildman–Crippen MR) is 88.6 cm³/mol. The predicted octanol–water partition coefficient (Wildman–Crippen LogP) is 4.28. The molecule has 1 aromatic heterocycles. The van der Waals surface area contributed by atoms with E-state index in [1.807, 2.05) is 0 Å². The molecule has 134 valence electrons. The van der Waals surface area contributed by atoms with Crippen molar-refractivity contribution in [3.8, 4) is 0 Å². The fourth-order valence-electron chi connectivity index (χ4n) is 2.09. The molecule has 2 rings (SSSR count). The van der Waals surface area contributed by atoms with E-state index in [9.17, 15) is 13.6 Å². The SMILES string of the molecule is COC(COC(=O)NCc1cc(F)cc(F)c1)c1c(Cl)cncc1Cl. The Balaban J connectivity index is 1.92. The van der Waals surface area contributed by atoms with Crippen LogP contribution in [0.3, 0.4) is 0 Å². The number of aromatic nitrogens is 1. The van der Waals surface area contributed by atoms with Gasteiger partial charge < -0.3 is 14.8 Å². The minimum Gasteiger partial charge on any atom is -0.446 e. The van der Waals surface area contributed by atoms with Crippen LogP contribution in [0.25, 0.3) is 0 Å². The summed E-state index contributed by atoms with van der Waals surface area (Å²) in [5.74, 6) is -1.46. The number of methoxy groups -OCH3 is 1. The molecule has 1 amide bonds. The second kappa shape index (κ2) is 8.94. The van der Waals surface area contributed by atoms with Gasteiger partial charge in [-0.2, -0.15) is 0 Å². The van der Waals surface area contributed by atoms with E-state index in [1.165, 1.54) is 19.5 Å². The molecule has 25 heavy (non-hydrogen) atoms. The van der Waals surface area contributed by atoms with Gasteiger partial charge in [0, 0.05) is 37.7 Å². The molecule has 0 radical (unpaired) electrons. The maximum atomic E-state index is 13.1. The molecule has 5 nitrogen and oxygen atoms in total. The van der Waals surface area contributed by atoms with E-state index in [-0.39, 0.29) is 28.8 Å². The molecule has 1 unspecified atom stereocenters. The van der Waals surface area contributed by atoms with Crippen LogP contribution in [0.4, 0.5) is 13.6 Å². The Morgan fingerprint density at radius 2 is 1.80 bits per heavy atom. The zero-order valence-electron chi connectivity index (χ0n) is 13.1. The van der Waals surface area contributed by atoms with Gasteiger partial charge in [-0.1, -0.05) is 23.2 Å². The standard InChI is InChI=1S/C16H14Cl2F2N2O3/c1-24-14(15-12(17)6-21-7-13(15)18)8-25-16(23)22-5-9-2-10(19)4-11(20)3-9/h2-4,6-7,14H,5,8H2,1H3,(H,22,23). The highest BCUT2D eigenvalue weighted by molar-refractivity contribution is 6.35. The van der Waals surface area contributed by atoms with E-state index in [1.54, 1.807) is 0 Å². The molecule has 1 aromatic carbocycles. The molecule has 2 aromatic rings. The topological polar surface area (TPSA) is 60.5 Å². The summed E-state index contributed by atoms with van der Waals surface area (Å²) in [6.45, 7) is -0.259. The summed E-state index contributed by atoms with van der Waals surface area (Å²) in [5.41, 5.74) is 0.707. The molecular formula is C16H14Cl2F2N2O3. The minimum absolute atomic E-state index is 0.0953. The number of hydrogen-bond donors (Lipinski definition) is 1. The van der Waals surface area contributed by atoms with Crippen LogP contribution < -0.4 is 5.32 Å². The molecule has 0 fully saturated rings. The summed E-state index contributed by atoms with van der Waals surface area (Å²) in [4.78, 5) is 15.6. The van der Waals surface area contributed by atoms with Crippen molar-refractivity contribution < 1.29 is 23.0 Å². The summed E-state index contributed by atoms with van der Waals surface area (Å²) in [7, 11) is 1.41. The Bertz CT molecular complexity index is 722. The number of halogens is 4. The first-order valence-electron chi connectivity index (χ1n) is 7.08. The van der Waals surface area contributed by atoms with Crippen molar-refractivity contribution in [1.82, 2.24) is 10.3 Å². The summed E-state index contributed by atoms with van der Waals surface area (Å²) in [5, 5.41) is 2.94. The van der Waals surface area contributed by atoms with Gasteiger partial charge in [0.2, 0.25) is 0 Å². The number of hydrogen-bond acceptors (Lipinski definition) is 4. The average Bonchev–Trinajstić information content (AvgIpc) is 2.54. The first-order chi connectivity index (χ1) is 11.9. The quantitative estimate of drug-likeness (QED) is 0.799. The molecule has 0 aliphatic rings. The lowest BCUT2D eigenvalue weighted by molar-refractivity contribution is 0.0343. The first-order valence-corrected chi connectivity index (χ1v) is 7.83. The maximum Gasteiger partial charge on any atom is 0.407 e. The number of ether oxygens (including phenoxy) is 2. The summed E-state index contributed by atoms with van der Waals surface area (Å²) < 4.78 is 36.5. The number of pyridine rings is 1. The second-order valence-electron chi connectivity index (χ2n) is 4.97. The van der Waals surface area contributed by atoms with Crippen LogP contribution in [-0.4, -0.2) is 24.8 Å². The Labute approximate surface area is 152 Å².